The highest BCUT2D eigenvalue weighted by Gasteiger charge is 2.27. The first-order chi connectivity index (χ1) is 7.79. The quantitative estimate of drug-likeness (QED) is 0.421. The van der Waals surface area contributed by atoms with Crippen LogP contribution in [-0.2, 0) is 0 Å². The zero-order valence-electron chi connectivity index (χ0n) is 10.9. The second kappa shape index (κ2) is 7.71. The number of carbonyl (C=O) groups excluding carboxylic acids is 2. The third kappa shape index (κ3) is 6.07. The summed E-state index contributed by atoms with van der Waals surface area (Å²) >= 11 is 4.04. The number of hydrogen-bond donors (Lipinski definition) is 3. The topological polar surface area (TPSA) is 61.4 Å². The van der Waals surface area contributed by atoms with Crippen molar-refractivity contribution in [1.29, 1.82) is 0 Å². The molecule has 0 heterocycles. The van der Waals surface area contributed by atoms with Crippen molar-refractivity contribution in [3.8, 4) is 0 Å². The van der Waals surface area contributed by atoms with Gasteiger partial charge in [-0.3, -0.25) is 0 Å². The molecule has 4 amide bonds. The maximum absolute atomic E-state index is 11.9. The Morgan fingerprint density at radius 3 is 1.59 bits per heavy atom. The number of amides is 4. The van der Waals surface area contributed by atoms with Crippen LogP contribution in [0, 0.1) is 0 Å². The van der Waals surface area contributed by atoms with Gasteiger partial charge in [-0.25, -0.2) is 14.5 Å². The zero-order chi connectivity index (χ0) is 13.6. The molecular formula is C10H21N3O2S2. The van der Waals surface area contributed by atoms with Gasteiger partial charge in [-0.2, -0.15) is 0 Å². The molecule has 1 unspecified atom stereocenters. The molecule has 2 N–H and O–H groups in total. The van der Waals surface area contributed by atoms with Crippen LogP contribution >= 0.6 is 22.5 Å². The van der Waals surface area contributed by atoms with Gasteiger partial charge in [0.1, 0.15) is 0 Å². The lowest BCUT2D eigenvalue weighted by Gasteiger charge is -2.27. The van der Waals surface area contributed by atoms with Crippen LogP contribution < -0.4 is 10.6 Å². The monoisotopic (exact) mass is 279 g/mol. The molecule has 1 atom stereocenters. The van der Waals surface area contributed by atoms with Crippen LogP contribution in [0.15, 0.2) is 0 Å². The van der Waals surface area contributed by atoms with Crippen LogP contribution in [0.1, 0.15) is 34.6 Å². The van der Waals surface area contributed by atoms with E-state index in [9.17, 15) is 9.59 Å². The van der Waals surface area contributed by atoms with Gasteiger partial charge < -0.3 is 10.6 Å². The molecule has 17 heavy (non-hydrogen) atoms. The minimum Gasteiger partial charge on any atom is -0.335 e. The standard InChI is InChI=1S/C10H21N3O2S2/c1-6(2)11-9(14)13(8(5)17-16)10(15)12-7(3)4/h6-8,16H,1-5H3,(H,11,14)(H,12,15). The molecule has 0 bridgehead atoms. The van der Waals surface area contributed by atoms with Gasteiger partial charge in [-0.05, 0) is 34.6 Å². The van der Waals surface area contributed by atoms with Gasteiger partial charge in [-0.1, -0.05) is 10.8 Å². The van der Waals surface area contributed by atoms with Crippen molar-refractivity contribution in [3.63, 3.8) is 0 Å². The van der Waals surface area contributed by atoms with Crippen molar-refractivity contribution < 1.29 is 9.59 Å². The molecule has 0 rings (SSSR count). The SMILES string of the molecule is CC(C)NC(=O)N(C(=O)NC(C)C)C(C)SS. The minimum absolute atomic E-state index is 0.0195. The number of hydrogen-bond acceptors (Lipinski definition) is 4. The molecule has 0 aromatic carbocycles. The summed E-state index contributed by atoms with van der Waals surface area (Å²) in [5.41, 5.74) is 0. The molecule has 0 aliphatic rings. The molecule has 7 heteroatoms. The summed E-state index contributed by atoms with van der Waals surface area (Å²) in [4.78, 5) is 24.9. The van der Waals surface area contributed by atoms with Crippen molar-refractivity contribution >= 4 is 34.5 Å². The average Bonchev–Trinajstić information content (AvgIpc) is 2.14. The highest BCUT2D eigenvalue weighted by atomic mass is 33.1. The highest BCUT2D eigenvalue weighted by Crippen LogP contribution is 2.19. The molecule has 0 aromatic rings. The van der Waals surface area contributed by atoms with Gasteiger partial charge >= 0.3 is 12.1 Å². The third-order valence-corrected chi connectivity index (χ3v) is 3.21. The van der Waals surface area contributed by atoms with E-state index in [0.717, 1.165) is 15.7 Å². The lowest BCUT2D eigenvalue weighted by Crippen LogP contribution is -2.53. The average molecular weight is 279 g/mol. The van der Waals surface area contributed by atoms with E-state index in [1.807, 2.05) is 27.7 Å². The van der Waals surface area contributed by atoms with E-state index in [1.54, 1.807) is 6.92 Å². The van der Waals surface area contributed by atoms with Crippen molar-refractivity contribution in [3.05, 3.63) is 0 Å². The van der Waals surface area contributed by atoms with Crippen molar-refractivity contribution in [2.75, 3.05) is 0 Å². The Morgan fingerprint density at radius 1 is 1.00 bits per heavy atom. The first kappa shape index (κ1) is 16.4. The lowest BCUT2D eigenvalue weighted by molar-refractivity contribution is 0.181. The molecule has 0 saturated carbocycles. The van der Waals surface area contributed by atoms with Gasteiger partial charge in [0, 0.05) is 12.1 Å². The van der Waals surface area contributed by atoms with E-state index in [0.29, 0.717) is 0 Å². The Bertz CT molecular complexity index is 250. The Hall–Kier alpha value is -0.560. The zero-order valence-corrected chi connectivity index (χ0v) is 12.6. The first-order valence-corrected chi connectivity index (χ1v) is 7.43. The van der Waals surface area contributed by atoms with Gasteiger partial charge in [0.25, 0.3) is 0 Å². The van der Waals surface area contributed by atoms with Crippen LogP contribution in [0.2, 0.25) is 0 Å². The molecule has 0 aliphatic heterocycles. The third-order valence-electron chi connectivity index (χ3n) is 1.78. The Morgan fingerprint density at radius 2 is 1.35 bits per heavy atom. The summed E-state index contributed by atoms with van der Waals surface area (Å²) < 4.78 is 0. The molecule has 0 saturated heterocycles. The molecule has 0 aliphatic carbocycles. The number of imide groups is 1. The van der Waals surface area contributed by atoms with Crippen LogP contribution in [0.25, 0.3) is 0 Å². The molecule has 5 nitrogen and oxygen atoms in total. The number of nitrogens with zero attached hydrogens (tertiary/aromatic N) is 1. The summed E-state index contributed by atoms with van der Waals surface area (Å²) in [6.45, 7) is 9.12. The van der Waals surface area contributed by atoms with E-state index >= 15 is 0 Å². The van der Waals surface area contributed by atoms with Crippen LogP contribution in [0.4, 0.5) is 9.59 Å². The maximum atomic E-state index is 11.9. The van der Waals surface area contributed by atoms with Gasteiger partial charge in [0.15, 0.2) is 0 Å². The van der Waals surface area contributed by atoms with Gasteiger partial charge in [0.05, 0.1) is 5.37 Å². The summed E-state index contributed by atoms with van der Waals surface area (Å²) in [6.07, 6.45) is 0. The predicted molar refractivity (Wildman–Crippen MR) is 75.2 cm³/mol. The fraction of sp³-hybridized carbons (Fsp3) is 0.800. The van der Waals surface area contributed by atoms with E-state index in [4.69, 9.17) is 0 Å². The van der Waals surface area contributed by atoms with Crippen LogP contribution in [0.5, 0.6) is 0 Å². The van der Waals surface area contributed by atoms with Crippen LogP contribution in [-0.4, -0.2) is 34.4 Å². The minimum atomic E-state index is -0.410. The number of nitrogens with one attached hydrogen (secondary N) is 2. The Kier molecular flexibility index (Phi) is 7.45. The van der Waals surface area contributed by atoms with Crippen molar-refractivity contribution in [2.24, 2.45) is 0 Å². The van der Waals surface area contributed by atoms with Crippen LogP contribution in [0.3, 0.4) is 0 Å². The van der Waals surface area contributed by atoms with Gasteiger partial charge in [-0.15, -0.1) is 11.7 Å². The molecular weight excluding hydrogens is 258 g/mol. The number of carbonyl (C=O) groups is 2. The largest absolute Gasteiger partial charge is 0.335 e. The number of urea groups is 2. The van der Waals surface area contributed by atoms with E-state index in [2.05, 4.69) is 22.3 Å². The normalized spacial score (nSPS) is 12.5. The molecule has 0 aromatic heterocycles. The summed E-state index contributed by atoms with van der Waals surface area (Å²) in [6, 6.07) is -0.859. The molecule has 0 fully saturated rings. The van der Waals surface area contributed by atoms with E-state index < -0.39 is 12.1 Å². The second-order valence-corrected chi connectivity index (χ2v) is 5.81. The summed E-state index contributed by atoms with van der Waals surface area (Å²) in [5.74, 6) is 0. The summed E-state index contributed by atoms with van der Waals surface area (Å²) in [7, 11) is 1.14. The fourth-order valence-electron chi connectivity index (χ4n) is 1.10. The second-order valence-electron chi connectivity index (χ2n) is 4.28. The first-order valence-electron chi connectivity index (χ1n) is 5.50. The smallest absolute Gasteiger partial charge is 0.326 e. The Balaban J connectivity index is 4.75. The van der Waals surface area contributed by atoms with E-state index in [-0.39, 0.29) is 17.5 Å². The maximum Gasteiger partial charge on any atom is 0.326 e. The number of thiol groups is 1. The number of rotatable bonds is 4. The lowest BCUT2D eigenvalue weighted by atomic mass is 10.4. The van der Waals surface area contributed by atoms with Crippen molar-refractivity contribution in [1.82, 2.24) is 15.5 Å². The predicted octanol–water partition coefficient (Wildman–Crippen LogP) is 2.45. The molecule has 100 valence electrons. The molecule has 0 radical (unpaired) electrons. The Labute approximate surface area is 112 Å². The van der Waals surface area contributed by atoms with Gasteiger partial charge in [0.2, 0.25) is 0 Å². The highest BCUT2D eigenvalue weighted by molar-refractivity contribution is 8.68. The fourth-order valence-corrected chi connectivity index (χ4v) is 1.67. The summed E-state index contributed by atoms with van der Waals surface area (Å²) in [5, 5.41) is 5.04. The van der Waals surface area contributed by atoms with E-state index in [1.165, 1.54) is 0 Å². The van der Waals surface area contributed by atoms with Crippen molar-refractivity contribution in [2.45, 2.75) is 52.1 Å². The molecule has 0 spiro atoms.